The van der Waals surface area contributed by atoms with Crippen molar-refractivity contribution in [3.8, 4) is 0 Å². The number of aliphatic hydroxyl groups is 4. The average molecular weight is 486 g/mol. The van der Waals surface area contributed by atoms with E-state index in [4.69, 9.17) is 25.8 Å². The molecule has 8 nitrogen and oxygen atoms in total. The fourth-order valence-corrected chi connectivity index (χ4v) is 6.04. The summed E-state index contributed by atoms with van der Waals surface area (Å²) < 4.78 is 18.1. The van der Waals surface area contributed by atoms with Crippen molar-refractivity contribution in [2.24, 2.45) is 5.92 Å². The van der Waals surface area contributed by atoms with E-state index in [2.05, 4.69) is 5.32 Å². The first kappa shape index (κ1) is 25.3. The van der Waals surface area contributed by atoms with Crippen molar-refractivity contribution >= 4 is 11.6 Å². The molecular formula is C24H36ClNO7. The standard InChI is InChI=1S/C24H36ClNO7/c1-4-15-18(27)17(26-3)20-21(19(15)28)32-22-24(30,33-20)23(29,12-13(2)31-22)11-7-9-14-8-5-6-10-16(14)25/h5-6,8,10,13,15,17-22,26-30H,4,7,9,11-12H2,1-3H3/t13-,15-,17+,18+,19+,20-,21-,22+,23+,24-/m1/s1. The zero-order chi connectivity index (χ0) is 24.0. The fourth-order valence-electron chi connectivity index (χ4n) is 5.81. The molecule has 186 valence electrons. The molecule has 5 N–H and O–H groups in total. The lowest BCUT2D eigenvalue weighted by molar-refractivity contribution is -0.485. The Kier molecular flexibility index (Phi) is 7.42. The van der Waals surface area contributed by atoms with E-state index >= 15 is 0 Å². The second kappa shape index (κ2) is 9.68. The minimum absolute atomic E-state index is 0.149. The van der Waals surface area contributed by atoms with E-state index < -0.39 is 60.2 Å². The van der Waals surface area contributed by atoms with Gasteiger partial charge < -0.3 is 40.0 Å². The minimum Gasteiger partial charge on any atom is -0.391 e. The van der Waals surface area contributed by atoms with Gasteiger partial charge in [0.25, 0.3) is 0 Å². The first-order valence-corrected chi connectivity index (χ1v) is 12.2. The zero-order valence-corrected chi connectivity index (χ0v) is 20.1. The van der Waals surface area contributed by atoms with Crippen molar-refractivity contribution in [2.75, 3.05) is 7.05 Å². The van der Waals surface area contributed by atoms with Gasteiger partial charge in [-0.2, -0.15) is 0 Å². The topological polar surface area (TPSA) is 121 Å². The predicted molar refractivity (Wildman–Crippen MR) is 122 cm³/mol. The van der Waals surface area contributed by atoms with Crippen LogP contribution in [0.4, 0.5) is 0 Å². The van der Waals surface area contributed by atoms with Gasteiger partial charge in [-0.3, -0.25) is 0 Å². The number of aliphatic hydroxyl groups excluding tert-OH is 2. The SMILES string of the molecule is CC[C@@H]1[C@H](O)[C@H](NC)[C@H]2O[C@]3(O)[C@H](O[C@@H]2[C@H]1O)O[C@H](C)C[C@@]3(O)CCCc1ccccc1Cl. The normalized spacial score (nSPS) is 45.3. The molecule has 1 aromatic carbocycles. The Morgan fingerprint density at radius 3 is 2.52 bits per heavy atom. The van der Waals surface area contributed by atoms with Crippen LogP contribution in [0.2, 0.25) is 5.02 Å². The van der Waals surface area contributed by atoms with Gasteiger partial charge in [0, 0.05) is 17.4 Å². The number of nitrogens with one attached hydrogen (secondary N) is 1. The highest BCUT2D eigenvalue weighted by atomic mass is 35.5. The van der Waals surface area contributed by atoms with Crippen LogP contribution >= 0.6 is 11.6 Å². The fraction of sp³-hybridized carbons (Fsp3) is 0.750. The van der Waals surface area contributed by atoms with E-state index in [1.807, 2.05) is 31.2 Å². The molecule has 2 saturated heterocycles. The molecule has 10 atom stereocenters. The second-order valence-corrected chi connectivity index (χ2v) is 10.1. The number of hydrogen-bond donors (Lipinski definition) is 5. The molecule has 9 heteroatoms. The molecule has 1 saturated carbocycles. The molecule has 2 heterocycles. The van der Waals surface area contributed by atoms with Crippen molar-refractivity contribution in [3.05, 3.63) is 34.9 Å². The van der Waals surface area contributed by atoms with Crippen LogP contribution in [0.15, 0.2) is 24.3 Å². The monoisotopic (exact) mass is 485 g/mol. The summed E-state index contributed by atoms with van der Waals surface area (Å²) in [6.07, 6.45) is -3.17. The number of likely N-dealkylation sites (N-methyl/N-ethyl adjacent to an activating group) is 1. The highest BCUT2D eigenvalue weighted by molar-refractivity contribution is 6.31. The van der Waals surface area contributed by atoms with Crippen molar-refractivity contribution in [2.45, 2.75) is 100 Å². The molecular weight excluding hydrogens is 450 g/mol. The third-order valence-electron chi connectivity index (χ3n) is 7.62. The molecule has 1 aromatic rings. The molecule has 1 aliphatic carbocycles. The molecule has 0 unspecified atom stereocenters. The van der Waals surface area contributed by atoms with Crippen molar-refractivity contribution < 1.29 is 34.6 Å². The highest BCUT2D eigenvalue weighted by Crippen LogP contribution is 2.49. The van der Waals surface area contributed by atoms with Crippen LogP contribution in [0, 0.1) is 5.92 Å². The van der Waals surface area contributed by atoms with E-state index in [9.17, 15) is 20.4 Å². The highest BCUT2D eigenvalue weighted by Gasteiger charge is 2.68. The number of ether oxygens (including phenoxy) is 3. The first-order valence-electron chi connectivity index (χ1n) is 11.9. The predicted octanol–water partition coefficient (Wildman–Crippen LogP) is 1.35. The molecule has 33 heavy (non-hydrogen) atoms. The van der Waals surface area contributed by atoms with Gasteiger partial charge in [0.2, 0.25) is 12.1 Å². The lowest BCUT2D eigenvalue weighted by Crippen LogP contribution is -2.78. The van der Waals surface area contributed by atoms with Gasteiger partial charge in [-0.25, -0.2) is 0 Å². The number of rotatable bonds is 6. The van der Waals surface area contributed by atoms with Crippen LogP contribution in [-0.4, -0.2) is 81.7 Å². The van der Waals surface area contributed by atoms with Crippen LogP contribution in [0.25, 0.3) is 0 Å². The molecule has 0 amide bonds. The van der Waals surface area contributed by atoms with Crippen LogP contribution in [0.5, 0.6) is 0 Å². The Bertz CT molecular complexity index is 830. The quantitative estimate of drug-likeness (QED) is 0.409. The Morgan fingerprint density at radius 2 is 1.85 bits per heavy atom. The summed E-state index contributed by atoms with van der Waals surface area (Å²) >= 11 is 6.27. The maximum atomic E-state index is 11.7. The summed E-state index contributed by atoms with van der Waals surface area (Å²) in [5, 5.41) is 48.8. The van der Waals surface area contributed by atoms with Gasteiger partial charge in [0.15, 0.2) is 0 Å². The van der Waals surface area contributed by atoms with Gasteiger partial charge in [-0.1, -0.05) is 36.7 Å². The van der Waals surface area contributed by atoms with Crippen LogP contribution in [-0.2, 0) is 20.6 Å². The van der Waals surface area contributed by atoms with Crippen molar-refractivity contribution in [3.63, 3.8) is 0 Å². The number of aryl methyl sites for hydroxylation is 1. The van der Waals surface area contributed by atoms with Gasteiger partial charge in [0.05, 0.1) is 24.4 Å². The van der Waals surface area contributed by atoms with Gasteiger partial charge in [-0.15, -0.1) is 0 Å². The summed E-state index contributed by atoms with van der Waals surface area (Å²) in [6, 6.07) is 6.94. The molecule has 3 fully saturated rings. The number of fused-ring (bicyclic) bond motifs is 2. The zero-order valence-electron chi connectivity index (χ0n) is 19.4. The lowest BCUT2D eigenvalue weighted by atomic mass is 9.73. The molecule has 0 spiro atoms. The number of halogens is 1. The minimum atomic E-state index is -2.16. The largest absolute Gasteiger partial charge is 0.391 e. The molecule has 3 aliphatic rings. The molecule has 0 aromatic heterocycles. The Labute approximate surface area is 199 Å². The summed E-state index contributed by atoms with van der Waals surface area (Å²) in [5.74, 6) is -2.58. The molecule has 0 radical (unpaired) electrons. The number of benzene rings is 1. The Morgan fingerprint density at radius 1 is 1.12 bits per heavy atom. The van der Waals surface area contributed by atoms with Crippen LogP contribution in [0.3, 0.4) is 0 Å². The van der Waals surface area contributed by atoms with E-state index in [1.54, 1.807) is 14.0 Å². The van der Waals surface area contributed by atoms with Crippen molar-refractivity contribution in [1.29, 1.82) is 0 Å². The summed E-state index contributed by atoms with van der Waals surface area (Å²) in [7, 11) is 1.68. The first-order chi connectivity index (χ1) is 15.6. The van der Waals surface area contributed by atoms with Crippen molar-refractivity contribution in [1.82, 2.24) is 5.32 Å². The third-order valence-corrected chi connectivity index (χ3v) is 7.99. The van der Waals surface area contributed by atoms with Gasteiger partial charge in [0.1, 0.15) is 17.8 Å². The lowest BCUT2D eigenvalue weighted by Gasteiger charge is -2.60. The molecule has 0 bridgehead atoms. The van der Waals surface area contributed by atoms with E-state index in [-0.39, 0.29) is 12.8 Å². The van der Waals surface area contributed by atoms with Crippen LogP contribution in [0.1, 0.15) is 45.1 Å². The third kappa shape index (κ3) is 4.35. The average Bonchev–Trinajstić information content (AvgIpc) is 2.76. The van der Waals surface area contributed by atoms with Gasteiger partial charge >= 0.3 is 0 Å². The van der Waals surface area contributed by atoms with Gasteiger partial charge in [-0.05, 0) is 51.3 Å². The molecule has 4 rings (SSSR count). The second-order valence-electron chi connectivity index (χ2n) is 9.71. The maximum absolute atomic E-state index is 11.7. The Hall–Kier alpha value is -0.810. The summed E-state index contributed by atoms with van der Waals surface area (Å²) in [5.41, 5.74) is -0.691. The summed E-state index contributed by atoms with van der Waals surface area (Å²) in [6.45, 7) is 3.70. The molecule has 2 aliphatic heterocycles. The number of hydrogen-bond acceptors (Lipinski definition) is 8. The maximum Gasteiger partial charge on any atom is 0.248 e. The van der Waals surface area contributed by atoms with E-state index in [1.165, 1.54) is 0 Å². The Balaban J connectivity index is 1.57. The van der Waals surface area contributed by atoms with E-state index in [0.717, 1.165) is 5.56 Å². The smallest absolute Gasteiger partial charge is 0.248 e. The van der Waals surface area contributed by atoms with Crippen LogP contribution < -0.4 is 5.32 Å². The van der Waals surface area contributed by atoms with E-state index in [0.29, 0.717) is 24.3 Å². The summed E-state index contributed by atoms with van der Waals surface area (Å²) in [4.78, 5) is 0.